The van der Waals surface area contributed by atoms with E-state index in [2.05, 4.69) is 6.92 Å². The second-order valence-corrected chi connectivity index (χ2v) is 7.32. The highest BCUT2D eigenvalue weighted by atomic mass is 16.6. The summed E-state index contributed by atoms with van der Waals surface area (Å²) < 4.78 is 5.11. The van der Waals surface area contributed by atoms with Crippen LogP contribution in [0.4, 0.5) is 11.4 Å². The molecule has 2 heterocycles. The number of hydrogen-bond donors (Lipinski definition) is 0. The van der Waals surface area contributed by atoms with Gasteiger partial charge in [0, 0.05) is 32.2 Å². The molecular weight excluding hydrogens is 350 g/mol. The van der Waals surface area contributed by atoms with Crippen LogP contribution in [-0.2, 0) is 9.53 Å². The maximum atomic E-state index is 12.3. The average molecular weight is 375 g/mol. The maximum absolute atomic E-state index is 12.3. The topological polar surface area (TPSA) is 93.0 Å². The normalized spacial score (nSPS) is 19.8. The molecule has 1 amide bonds. The molecule has 2 fully saturated rings. The number of carbonyl (C=O) groups is 2. The van der Waals surface area contributed by atoms with Crippen molar-refractivity contribution in [2.24, 2.45) is 5.92 Å². The summed E-state index contributed by atoms with van der Waals surface area (Å²) in [7, 11) is 0. The third-order valence-corrected chi connectivity index (χ3v) is 5.19. The third kappa shape index (κ3) is 4.56. The van der Waals surface area contributed by atoms with Crippen molar-refractivity contribution < 1.29 is 19.2 Å². The Balaban J connectivity index is 1.64. The minimum absolute atomic E-state index is 0.0875. The Morgan fingerprint density at radius 1 is 1.22 bits per heavy atom. The molecule has 3 rings (SSSR count). The molecule has 0 aromatic heterocycles. The van der Waals surface area contributed by atoms with Gasteiger partial charge in [0.2, 0.25) is 0 Å². The monoisotopic (exact) mass is 375 g/mol. The van der Waals surface area contributed by atoms with Crippen molar-refractivity contribution in [2.45, 2.75) is 32.6 Å². The van der Waals surface area contributed by atoms with Crippen LogP contribution in [0.3, 0.4) is 0 Å². The number of rotatable bonds is 5. The quantitative estimate of drug-likeness (QED) is 0.446. The number of nitrogens with zero attached hydrogens (tertiary/aromatic N) is 3. The van der Waals surface area contributed by atoms with Crippen LogP contribution in [0.1, 0.15) is 43.0 Å². The Morgan fingerprint density at radius 3 is 2.63 bits per heavy atom. The molecule has 27 heavy (non-hydrogen) atoms. The molecule has 8 nitrogen and oxygen atoms in total. The van der Waals surface area contributed by atoms with Crippen molar-refractivity contribution in [3.8, 4) is 0 Å². The van der Waals surface area contributed by atoms with Gasteiger partial charge in [0.15, 0.2) is 6.61 Å². The van der Waals surface area contributed by atoms with Gasteiger partial charge in [-0.2, -0.15) is 0 Å². The maximum Gasteiger partial charge on any atom is 0.338 e. The van der Waals surface area contributed by atoms with Crippen molar-refractivity contribution in [2.75, 3.05) is 37.7 Å². The smallest absolute Gasteiger partial charge is 0.338 e. The fraction of sp³-hybridized carbons (Fsp3) is 0.579. The highest BCUT2D eigenvalue weighted by molar-refractivity contribution is 5.93. The molecule has 0 bridgehead atoms. The molecule has 0 radical (unpaired) electrons. The van der Waals surface area contributed by atoms with Gasteiger partial charge in [0.05, 0.1) is 10.5 Å². The van der Waals surface area contributed by atoms with E-state index in [1.165, 1.54) is 12.1 Å². The van der Waals surface area contributed by atoms with E-state index in [0.717, 1.165) is 38.8 Å². The van der Waals surface area contributed by atoms with Crippen LogP contribution < -0.4 is 4.90 Å². The summed E-state index contributed by atoms with van der Waals surface area (Å²) in [4.78, 5) is 39.1. The van der Waals surface area contributed by atoms with Gasteiger partial charge in [0.1, 0.15) is 5.69 Å². The van der Waals surface area contributed by atoms with Gasteiger partial charge in [-0.3, -0.25) is 14.9 Å². The van der Waals surface area contributed by atoms with E-state index in [9.17, 15) is 19.7 Å². The van der Waals surface area contributed by atoms with E-state index in [0.29, 0.717) is 24.7 Å². The number of ether oxygens (including phenoxy) is 1. The third-order valence-electron chi connectivity index (χ3n) is 5.19. The number of nitro benzene ring substituents is 1. The van der Waals surface area contributed by atoms with Gasteiger partial charge < -0.3 is 14.5 Å². The van der Waals surface area contributed by atoms with Gasteiger partial charge in [-0.1, -0.05) is 6.92 Å². The molecule has 2 saturated heterocycles. The van der Waals surface area contributed by atoms with Gasteiger partial charge in [0.25, 0.3) is 11.6 Å². The minimum atomic E-state index is -0.718. The molecule has 0 spiro atoms. The highest BCUT2D eigenvalue weighted by Crippen LogP contribution is 2.31. The van der Waals surface area contributed by atoms with Crippen LogP contribution in [0, 0.1) is 16.0 Å². The first-order valence-electron chi connectivity index (χ1n) is 9.44. The van der Waals surface area contributed by atoms with Crippen molar-refractivity contribution in [3.05, 3.63) is 33.9 Å². The average Bonchev–Trinajstić information content (AvgIpc) is 3.19. The number of anilines is 1. The number of carbonyl (C=O) groups excluding carboxylic acids is 2. The summed E-state index contributed by atoms with van der Waals surface area (Å²) in [6.45, 7) is 4.64. The zero-order chi connectivity index (χ0) is 19.4. The molecular formula is C19H25N3O5. The van der Waals surface area contributed by atoms with Crippen LogP contribution in [0.2, 0.25) is 0 Å². The largest absolute Gasteiger partial charge is 0.452 e. The van der Waals surface area contributed by atoms with Gasteiger partial charge in [-0.05, 0) is 43.7 Å². The molecule has 0 saturated carbocycles. The first kappa shape index (κ1) is 19.1. The zero-order valence-corrected chi connectivity index (χ0v) is 15.6. The number of esters is 1. The Labute approximate surface area is 158 Å². The van der Waals surface area contributed by atoms with Gasteiger partial charge in [-0.15, -0.1) is 0 Å². The lowest BCUT2D eigenvalue weighted by Gasteiger charge is -2.30. The van der Waals surface area contributed by atoms with E-state index < -0.39 is 10.9 Å². The summed E-state index contributed by atoms with van der Waals surface area (Å²) in [5, 5.41) is 11.4. The Morgan fingerprint density at radius 2 is 1.96 bits per heavy atom. The van der Waals surface area contributed by atoms with E-state index in [-0.39, 0.29) is 23.8 Å². The first-order valence-corrected chi connectivity index (χ1v) is 9.44. The van der Waals surface area contributed by atoms with Gasteiger partial charge >= 0.3 is 5.97 Å². The molecule has 1 aromatic carbocycles. The summed E-state index contributed by atoms with van der Waals surface area (Å²) in [5.41, 5.74) is 0.499. The van der Waals surface area contributed by atoms with Crippen molar-refractivity contribution in [1.82, 2.24) is 4.90 Å². The van der Waals surface area contributed by atoms with Gasteiger partial charge in [-0.25, -0.2) is 4.79 Å². The first-order chi connectivity index (χ1) is 13.0. The standard InChI is InChI=1S/C19H25N3O5/c1-14-5-4-10-21(12-14)18(23)13-27-19(24)15-6-7-16(17(11-15)22(25)26)20-8-2-3-9-20/h6-7,11,14H,2-5,8-10,12-13H2,1H3/t14-/m1/s1. The zero-order valence-electron chi connectivity index (χ0n) is 15.6. The molecule has 0 unspecified atom stereocenters. The minimum Gasteiger partial charge on any atom is -0.452 e. The number of likely N-dealkylation sites (tertiary alicyclic amines) is 1. The number of amides is 1. The summed E-state index contributed by atoms with van der Waals surface area (Å²) in [5.74, 6) is -0.498. The van der Waals surface area contributed by atoms with Crippen LogP contribution in [-0.4, -0.2) is 54.5 Å². The SMILES string of the molecule is C[C@@H]1CCCN(C(=O)COC(=O)c2ccc(N3CCCC3)c([N+](=O)[O-])c2)C1. The van der Waals surface area contributed by atoms with E-state index >= 15 is 0 Å². The van der Waals surface area contributed by atoms with E-state index in [1.807, 2.05) is 4.90 Å². The second kappa shape index (κ2) is 8.37. The molecule has 0 N–H and O–H groups in total. The van der Waals surface area contributed by atoms with Crippen molar-refractivity contribution in [1.29, 1.82) is 0 Å². The fourth-order valence-corrected chi connectivity index (χ4v) is 3.74. The molecule has 0 aliphatic carbocycles. The Kier molecular flexibility index (Phi) is 5.93. The van der Waals surface area contributed by atoms with E-state index in [1.54, 1.807) is 11.0 Å². The number of nitro groups is 1. The molecule has 1 atom stereocenters. The van der Waals surface area contributed by atoms with Crippen LogP contribution >= 0.6 is 0 Å². The highest BCUT2D eigenvalue weighted by Gasteiger charge is 2.25. The lowest BCUT2D eigenvalue weighted by Crippen LogP contribution is -2.41. The Hall–Kier alpha value is -2.64. The predicted octanol–water partition coefficient (Wildman–Crippen LogP) is 2.61. The van der Waals surface area contributed by atoms with Crippen LogP contribution in [0.25, 0.3) is 0 Å². The molecule has 1 aromatic rings. The number of hydrogen-bond acceptors (Lipinski definition) is 6. The Bertz CT molecular complexity index is 730. The van der Waals surface area contributed by atoms with Crippen LogP contribution in [0.5, 0.6) is 0 Å². The fourth-order valence-electron chi connectivity index (χ4n) is 3.74. The second-order valence-electron chi connectivity index (χ2n) is 7.32. The molecule has 8 heteroatoms. The van der Waals surface area contributed by atoms with Crippen molar-refractivity contribution >= 4 is 23.3 Å². The summed E-state index contributed by atoms with van der Waals surface area (Å²) in [6.07, 6.45) is 4.04. The lowest BCUT2D eigenvalue weighted by atomic mass is 10.0. The van der Waals surface area contributed by atoms with E-state index in [4.69, 9.17) is 4.74 Å². The van der Waals surface area contributed by atoms with Crippen LogP contribution in [0.15, 0.2) is 18.2 Å². The lowest BCUT2D eigenvalue weighted by molar-refractivity contribution is -0.384. The number of benzene rings is 1. The predicted molar refractivity (Wildman–Crippen MR) is 99.8 cm³/mol. The molecule has 2 aliphatic rings. The molecule has 146 valence electrons. The molecule has 2 aliphatic heterocycles. The van der Waals surface area contributed by atoms with Crippen molar-refractivity contribution in [3.63, 3.8) is 0 Å². The number of piperidine rings is 1. The summed E-state index contributed by atoms with van der Waals surface area (Å²) in [6, 6.07) is 4.36. The summed E-state index contributed by atoms with van der Waals surface area (Å²) >= 11 is 0.